The zero-order chi connectivity index (χ0) is 49.6. The molecule has 9 heteroatoms. The summed E-state index contributed by atoms with van der Waals surface area (Å²) in [6, 6.07) is 17.6. The number of epoxide rings is 2. The lowest BCUT2D eigenvalue weighted by Crippen LogP contribution is -2.27. The largest absolute Gasteiger partial charge is 0.490 e. The third kappa shape index (κ3) is 8.17. The monoisotopic (exact) mass is 944 g/mol. The lowest BCUT2D eigenvalue weighted by molar-refractivity contribution is 0.0615. The van der Waals surface area contributed by atoms with Gasteiger partial charge in [0.15, 0.2) is 0 Å². The zero-order valence-electron chi connectivity index (χ0n) is 43.5. The van der Waals surface area contributed by atoms with Crippen molar-refractivity contribution in [2.24, 2.45) is 0 Å². The van der Waals surface area contributed by atoms with Crippen LogP contribution in [-0.2, 0) is 9.47 Å². The summed E-state index contributed by atoms with van der Waals surface area (Å²) in [7, 11) is 0. The maximum atomic E-state index is 11.8. The maximum absolute atomic E-state index is 11.8. The fraction of sp³-hybridized carbons (Fsp3) is 0.410. The second kappa shape index (κ2) is 18.3. The van der Waals surface area contributed by atoms with Crippen LogP contribution in [0, 0.1) is 96.9 Å². The van der Waals surface area contributed by atoms with Gasteiger partial charge in [0.1, 0.15) is 90.7 Å². The summed E-state index contributed by atoms with van der Waals surface area (Å²) in [5.74, 6) is 6.43. The van der Waals surface area contributed by atoms with E-state index >= 15 is 0 Å². The number of aryl methyl sites for hydroxylation is 2. The summed E-state index contributed by atoms with van der Waals surface area (Å²) >= 11 is 0. The van der Waals surface area contributed by atoms with Crippen LogP contribution in [0.2, 0.25) is 0 Å². The molecule has 0 bridgehead atoms. The lowest BCUT2D eigenvalue weighted by Gasteiger charge is -2.36. The van der Waals surface area contributed by atoms with Gasteiger partial charge in [-0.2, -0.15) is 0 Å². The molecule has 0 spiro atoms. The highest BCUT2D eigenvalue weighted by molar-refractivity contribution is 5.74. The highest BCUT2D eigenvalue weighted by Gasteiger charge is 2.40. The van der Waals surface area contributed by atoms with Crippen molar-refractivity contribution in [2.75, 3.05) is 39.6 Å². The first kappa shape index (κ1) is 47.7. The summed E-state index contributed by atoms with van der Waals surface area (Å²) in [5.41, 5.74) is 21.3. The van der Waals surface area contributed by atoms with Gasteiger partial charge in [0.05, 0.1) is 13.2 Å². The molecule has 0 aromatic heterocycles. The third-order valence-electron chi connectivity index (χ3n) is 15.8. The number of aliphatic hydroxyl groups excluding tert-OH is 1. The highest BCUT2D eigenvalue weighted by atomic mass is 16.6. The minimum absolute atomic E-state index is 0.0299. The van der Waals surface area contributed by atoms with Crippen LogP contribution in [0.3, 0.4) is 0 Å². The van der Waals surface area contributed by atoms with Gasteiger partial charge in [0.25, 0.3) is 0 Å². The van der Waals surface area contributed by atoms with Gasteiger partial charge >= 0.3 is 0 Å². The van der Waals surface area contributed by atoms with E-state index in [1.54, 1.807) is 0 Å². The molecule has 2 fully saturated rings. The third-order valence-corrected chi connectivity index (χ3v) is 15.8. The van der Waals surface area contributed by atoms with Crippen molar-refractivity contribution in [2.45, 2.75) is 127 Å². The normalized spacial score (nSPS) is 18.7. The van der Waals surface area contributed by atoms with E-state index in [1.165, 1.54) is 11.1 Å². The molecule has 6 aromatic carbocycles. The molecule has 6 aromatic rings. The van der Waals surface area contributed by atoms with Crippen LogP contribution < -0.4 is 28.4 Å². The fourth-order valence-corrected chi connectivity index (χ4v) is 11.0. The number of hydrogen-bond acceptors (Lipinski definition) is 9. The molecule has 4 heterocycles. The standard InChI is InChI=1S/C61H68O9/c1-29-15-19-43(20-16-29)52-48-39(11)54(31(3)35(7)58(48)69-60-37(9)33(5)56(41(13)50(52)60)67-27-46-25-63-46)65-23-45(62)24-66-55-32(4)36(8)59-49(40(55)12)53(44-21-17-30(2)18-22-44)51-42(14)57(68-28-47-26-64-47)34(6)38(10)61(51)70-59/h15-22,45-47,52-53,62H,23-28H2,1-14H3. The van der Waals surface area contributed by atoms with Crippen LogP contribution >= 0.6 is 0 Å². The van der Waals surface area contributed by atoms with Crippen LogP contribution in [0.25, 0.3) is 0 Å². The van der Waals surface area contributed by atoms with Crippen molar-refractivity contribution in [1.82, 2.24) is 0 Å². The van der Waals surface area contributed by atoms with Crippen molar-refractivity contribution in [3.8, 4) is 46.0 Å². The molecule has 0 saturated carbocycles. The summed E-state index contributed by atoms with van der Waals surface area (Å²) in [5, 5.41) is 11.8. The maximum Gasteiger partial charge on any atom is 0.135 e. The first-order chi connectivity index (χ1) is 33.5. The summed E-state index contributed by atoms with van der Waals surface area (Å²) in [6.45, 7) is 32.2. The van der Waals surface area contributed by atoms with Crippen LogP contribution in [0.1, 0.15) is 123 Å². The van der Waals surface area contributed by atoms with E-state index in [-0.39, 0.29) is 37.3 Å². The molecule has 366 valence electrons. The minimum Gasteiger partial charge on any atom is -0.490 e. The van der Waals surface area contributed by atoms with E-state index in [1.807, 2.05) is 0 Å². The summed E-state index contributed by atoms with van der Waals surface area (Å²) < 4.78 is 51.7. The second-order valence-electron chi connectivity index (χ2n) is 20.5. The average Bonchev–Trinajstić information content (AvgIpc) is 4.30. The molecule has 4 atom stereocenters. The first-order valence-corrected chi connectivity index (χ1v) is 24.9. The molecule has 10 rings (SSSR count). The highest BCUT2D eigenvalue weighted by Crippen LogP contribution is 2.58. The number of fused-ring (bicyclic) bond motifs is 4. The van der Waals surface area contributed by atoms with Gasteiger partial charge in [-0.3, -0.25) is 0 Å². The Labute approximate surface area is 414 Å². The van der Waals surface area contributed by atoms with Crippen LogP contribution in [0.15, 0.2) is 48.5 Å². The fourth-order valence-electron chi connectivity index (χ4n) is 11.0. The lowest BCUT2D eigenvalue weighted by atomic mass is 9.75. The van der Waals surface area contributed by atoms with E-state index in [4.69, 9.17) is 37.9 Å². The number of benzene rings is 6. The Morgan fingerprint density at radius 3 is 0.943 bits per heavy atom. The van der Waals surface area contributed by atoms with E-state index < -0.39 is 6.10 Å². The molecule has 2 saturated heterocycles. The van der Waals surface area contributed by atoms with E-state index in [0.29, 0.717) is 13.2 Å². The van der Waals surface area contributed by atoms with Gasteiger partial charge in [0.2, 0.25) is 0 Å². The Balaban J connectivity index is 0.970. The quantitative estimate of drug-likeness (QED) is 0.107. The number of ether oxygens (including phenoxy) is 8. The van der Waals surface area contributed by atoms with Crippen LogP contribution in [-0.4, -0.2) is 63.1 Å². The molecule has 4 aliphatic rings. The van der Waals surface area contributed by atoms with Gasteiger partial charge in [-0.05, 0) is 175 Å². The van der Waals surface area contributed by atoms with Crippen LogP contribution in [0.4, 0.5) is 0 Å². The Morgan fingerprint density at radius 1 is 0.400 bits per heavy atom. The SMILES string of the molecule is Cc1ccc(C2c3c(C)c(OCC(O)COc4c(C)c(C)c5c(c4C)C(c4ccc(C)cc4)c4c(C)c(OCC6CO6)c(C)c(C)c4O5)c(C)c(C)c3Oc3c(C)c(C)c(OCC4CO4)c(C)c32)cc1. The Morgan fingerprint density at radius 2 is 0.671 bits per heavy atom. The molecule has 70 heavy (non-hydrogen) atoms. The van der Waals surface area contributed by atoms with E-state index in [9.17, 15) is 5.11 Å². The second-order valence-corrected chi connectivity index (χ2v) is 20.5. The molecule has 0 aliphatic carbocycles. The Bertz CT molecular complexity index is 2860. The molecule has 0 amide bonds. The molecule has 0 radical (unpaired) electrons. The van der Waals surface area contributed by atoms with Gasteiger partial charge < -0.3 is 43.0 Å². The van der Waals surface area contributed by atoms with Crippen molar-refractivity contribution < 1.29 is 43.0 Å². The molecular weight excluding hydrogens is 877 g/mol. The molecule has 9 nitrogen and oxygen atoms in total. The Hall–Kier alpha value is -6.00. The topological polar surface area (TPSA) is 101 Å². The number of aliphatic hydroxyl groups is 1. The number of rotatable bonds is 14. The zero-order valence-corrected chi connectivity index (χ0v) is 43.5. The van der Waals surface area contributed by atoms with Gasteiger partial charge in [-0.15, -0.1) is 0 Å². The van der Waals surface area contributed by atoms with E-state index in [0.717, 1.165) is 159 Å². The van der Waals surface area contributed by atoms with E-state index in [2.05, 4.69) is 145 Å². The molecule has 4 aliphatic heterocycles. The smallest absolute Gasteiger partial charge is 0.135 e. The minimum atomic E-state index is -0.939. The molecule has 1 N–H and O–H groups in total. The summed E-state index contributed by atoms with van der Waals surface area (Å²) in [4.78, 5) is 0. The van der Waals surface area contributed by atoms with Crippen LogP contribution in [0.5, 0.6) is 46.0 Å². The summed E-state index contributed by atoms with van der Waals surface area (Å²) in [6.07, 6.45) is -0.674. The predicted molar refractivity (Wildman–Crippen MR) is 274 cm³/mol. The van der Waals surface area contributed by atoms with Crippen molar-refractivity contribution in [3.63, 3.8) is 0 Å². The molecule has 4 unspecified atom stereocenters. The van der Waals surface area contributed by atoms with Gasteiger partial charge in [-0.1, -0.05) is 59.7 Å². The first-order valence-electron chi connectivity index (χ1n) is 24.9. The van der Waals surface area contributed by atoms with Gasteiger partial charge in [-0.25, -0.2) is 0 Å². The van der Waals surface area contributed by atoms with Crippen molar-refractivity contribution in [3.05, 3.63) is 160 Å². The van der Waals surface area contributed by atoms with Crippen molar-refractivity contribution in [1.29, 1.82) is 0 Å². The average molecular weight is 945 g/mol. The number of hydrogen-bond donors (Lipinski definition) is 1. The van der Waals surface area contributed by atoms with Crippen molar-refractivity contribution >= 4 is 0 Å². The van der Waals surface area contributed by atoms with Gasteiger partial charge in [0, 0.05) is 34.1 Å². The molecular formula is C61H68O9. The Kier molecular flexibility index (Phi) is 12.5. The predicted octanol–water partition coefficient (Wildman–Crippen LogP) is 13.0.